The van der Waals surface area contributed by atoms with Crippen LogP contribution in [0.4, 0.5) is 0 Å². The van der Waals surface area contributed by atoms with E-state index in [1.165, 1.54) is 4.31 Å². The van der Waals surface area contributed by atoms with Crippen molar-refractivity contribution < 1.29 is 17.9 Å². The molecular formula is C22H23NO4S. The normalized spacial score (nSPS) is 11.4. The summed E-state index contributed by atoms with van der Waals surface area (Å²) < 4.78 is 37.6. The summed E-state index contributed by atoms with van der Waals surface area (Å²) in [6.07, 6.45) is 0. The van der Waals surface area contributed by atoms with Crippen LogP contribution < -0.4 is 9.47 Å². The van der Waals surface area contributed by atoms with Crippen molar-refractivity contribution >= 4 is 10.0 Å². The van der Waals surface area contributed by atoms with Gasteiger partial charge in [-0.05, 0) is 53.1 Å². The Morgan fingerprint density at radius 2 is 1.39 bits per heavy atom. The van der Waals surface area contributed by atoms with Gasteiger partial charge in [0.1, 0.15) is 11.5 Å². The summed E-state index contributed by atoms with van der Waals surface area (Å²) in [5, 5.41) is 0. The fraction of sp³-hybridized carbons (Fsp3) is 0.182. The molecule has 0 saturated heterocycles. The zero-order chi connectivity index (χ0) is 20.1. The van der Waals surface area contributed by atoms with E-state index < -0.39 is 10.0 Å². The van der Waals surface area contributed by atoms with E-state index in [9.17, 15) is 8.42 Å². The van der Waals surface area contributed by atoms with E-state index in [1.807, 2.05) is 48.5 Å². The SMILES string of the molecule is COc1cccc(CN(C)S(=O)(=O)c2ccc(-c3cccc(OC)c3)cc2)c1. The zero-order valence-corrected chi connectivity index (χ0v) is 16.9. The largest absolute Gasteiger partial charge is 0.497 e. The van der Waals surface area contributed by atoms with Gasteiger partial charge in [-0.2, -0.15) is 4.31 Å². The molecule has 0 saturated carbocycles. The summed E-state index contributed by atoms with van der Waals surface area (Å²) in [6.45, 7) is 0.261. The van der Waals surface area contributed by atoms with Gasteiger partial charge in [-0.25, -0.2) is 8.42 Å². The fourth-order valence-corrected chi connectivity index (χ4v) is 4.07. The number of hydrogen-bond donors (Lipinski definition) is 0. The van der Waals surface area contributed by atoms with Crippen molar-refractivity contribution in [3.8, 4) is 22.6 Å². The topological polar surface area (TPSA) is 55.8 Å². The number of methoxy groups -OCH3 is 2. The Balaban J connectivity index is 1.81. The Morgan fingerprint density at radius 3 is 2.04 bits per heavy atom. The van der Waals surface area contributed by atoms with E-state index in [0.29, 0.717) is 5.75 Å². The second-order valence-electron chi connectivity index (χ2n) is 6.37. The number of benzene rings is 3. The van der Waals surface area contributed by atoms with Crippen LogP contribution >= 0.6 is 0 Å². The van der Waals surface area contributed by atoms with E-state index >= 15 is 0 Å². The Labute approximate surface area is 166 Å². The predicted molar refractivity (Wildman–Crippen MR) is 110 cm³/mol. The monoisotopic (exact) mass is 397 g/mol. The number of hydrogen-bond acceptors (Lipinski definition) is 4. The van der Waals surface area contributed by atoms with Gasteiger partial charge in [-0.3, -0.25) is 0 Å². The third-order valence-electron chi connectivity index (χ3n) is 4.50. The minimum atomic E-state index is -3.60. The molecule has 0 heterocycles. The lowest BCUT2D eigenvalue weighted by Crippen LogP contribution is -2.26. The molecule has 0 aliphatic rings. The Kier molecular flexibility index (Phi) is 6.02. The van der Waals surface area contributed by atoms with Gasteiger partial charge < -0.3 is 9.47 Å². The second-order valence-corrected chi connectivity index (χ2v) is 8.41. The van der Waals surface area contributed by atoms with Crippen molar-refractivity contribution in [3.63, 3.8) is 0 Å². The van der Waals surface area contributed by atoms with Gasteiger partial charge in [0.2, 0.25) is 10.0 Å². The smallest absolute Gasteiger partial charge is 0.243 e. The van der Waals surface area contributed by atoms with Gasteiger partial charge in [0.05, 0.1) is 19.1 Å². The Hall–Kier alpha value is -2.83. The molecule has 0 bridgehead atoms. The first kappa shape index (κ1) is 19.9. The molecule has 3 rings (SSSR count). The lowest BCUT2D eigenvalue weighted by atomic mass is 10.1. The molecule has 0 N–H and O–H groups in total. The molecule has 3 aromatic rings. The average molecular weight is 397 g/mol. The summed E-state index contributed by atoms with van der Waals surface area (Å²) in [6, 6.07) is 21.9. The van der Waals surface area contributed by atoms with Gasteiger partial charge in [-0.1, -0.05) is 36.4 Å². The minimum Gasteiger partial charge on any atom is -0.497 e. The summed E-state index contributed by atoms with van der Waals surface area (Å²) in [5.41, 5.74) is 2.75. The molecule has 5 nitrogen and oxygen atoms in total. The molecule has 0 unspecified atom stereocenters. The highest BCUT2D eigenvalue weighted by Crippen LogP contribution is 2.26. The lowest BCUT2D eigenvalue weighted by molar-refractivity contribution is 0.412. The van der Waals surface area contributed by atoms with Crippen LogP contribution in [-0.4, -0.2) is 34.0 Å². The number of sulfonamides is 1. The molecule has 146 valence electrons. The van der Waals surface area contributed by atoms with E-state index in [4.69, 9.17) is 9.47 Å². The van der Waals surface area contributed by atoms with Crippen molar-refractivity contribution in [3.05, 3.63) is 78.4 Å². The van der Waals surface area contributed by atoms with Gasteiger partial charge in [-0.15, -0.1) is 0 Å². The molecule has 0 amide bonds. The van der Waals surface area contributed by atoms with Crippen LogP contribution in [0.1, 0.15) is 5.56 Å². The van der Waals surface area contributed by atoms with Crippen LogP contribution in [0, 0.1) is 0 Å². The molecule has 0 atom stereocenters. The van der Waals surface area contributed by atoms with Crippen molar-refractivity contribution in [2.24, 2.45) is 0 Å². The molecular weight excluding hydrogens is 374 g/mol. The summed E-state index contributed by atoms with van der Waals surface area (Å²) in [4.78, 5) is 0.254. The highest BCUT2D eigenvalue weighted by atomic mass is 32.2. The first-order chi connectivity index (χ1) is 13.4. The van der Waals surface area contributed by atoms with Crippen LogP contribution in [0.3, 0.4) is 0 Å². The Bertz CT molecular complexity index is 1050. The summed E-state index contributed by atoms with van der Waals surface area (Å²) in [5.74, 6) is 1.46. The molecule has 0 aliphatic carbocycles. The van der Waals surface area contributed by atoms with Gasteiger partial charge >= 0.3 is 0 Å². The summed E-state index contributed by atoms with van der Waals surface area (Å²) in [7, 11) is 1.18. The molecule has 0 spiro atoms. The highest BCUT2D eigenvalue weighted by molar-refractivity contribution is 7.89. The summed E-state index contributed by atoms with van der Waals surface area (Å²) >= 11 is 0. The van der Waals surface area contributed by atoms with Crippen molar-refractivity contribution in [2.45, 2.75) is 11.4 Å². The molecule has 0 aliphatic heterocycles. The molecule has 3 aromatic carbocycles. The van der Waals surface area contributed by atoms with Crippen LogP contribution in [0.15, 0.2) is 77.7 Å². The number of rotatable bonds is 7. The third kappa shape index (κ3) is 4.35. The maximum absolute atomic E-state index is 12.9. The van der Waals surface area contributed by atoms with E-state index in [1.54, 1.807) is 45.5 Å². The van der Waals surface area contributed by atoms with Gasteiger partial charge in [0.25, 0.3) is 0 Å². The van der Waals surface area contributed by atoms with E-state index in [0.717, 1.165) is 22.4 Å². The zero-order valence-electron chi connectivity index (χ0n) is 16.1. The van der Waals surface area contributed by atoms with Crippen LogP contribution in [0.2, 0.25) is 0 Å². The lowest BCUT2D eigenvalue weighted by Gasteiger charge is -2.18. The third-order valence-corrected chi connectivity index (χ3v) is 6.32. The van der Waals surface area contributed by atoms with Crippen molar-refractivity contribution in [1.29, 1.82) is 0 Å². The molecule has 0 radical (unpaired) electrons. The first-order valence-electron chi connectivity index (χ1n) is 8.78. The van der Waals surface area contributed by atoms with E-state index in [-0.39, 0.29) is 11.4 Å². The van der Waals surface area contributed by atoms with Crippen LogP contribution in [0.25, 0.3) is 11.1 Å². The maximum atomic E-state index is 12.9. The maximum Gasteiger partial charge on any atom is 0.243 e. The standard InChI is InChI=1S/C22H23NO4S/c1-23(16-17-6-4-8-20(14-17)26-2)28(24,25)22-12-10-18(11-13-22)19-7-5-9-21(15-19)27-3/h4-15H,16H2,1-3H3. The molecule has 28 heavy (non-hydrogen) atoms. The Morgan fingerprint density at radius 1 is 0.786 bits per heavy atom. The first-order valence-corrected chi connectivity index (χ1v) is 10.2. The van der Waals surface area contributed by atoms with Gasteiger partial charge in [0.15, 0.2) is 0 Å². The molecule has 0 aromatic heterocycles. The predicted octanol–water partition coefficient (Wildman–Crippen LogP) is 4.19. The number of nitrogens with zero attached hydrogens (tertiary/aromatic N) is 1. The number of ether oxygens (including phenoxy) is 2. The van der Waals surface area contributed by atoms with E-state index in [2.05, 4.69) is 0 Å². The van der Waals surface area contributed by atoms with Crippen LogP contribution in [0.5, 0.6) is 11.5 Å². The molecule has 0 fully saturated rings. The minimum absolute atomic E-state index is 0.254. The van der Waals surface area contributed by atoms with Crippen molar-refractivity contribution in [1.82, 2.24) is 4.31 Å². The van der Waals surface area contributed by atoms with Crippen molar-refractivity contribution in [2.75, 3.05) is 21.3 Å². The quantitative estimate of drug-likeness (QED) is 0.600. The van der Waals surface area contributed by atoms with Crippen LogP contribution in [-0.2, 0) is 16.6 Å². The average Bonchev–Trinajstić information content (AvgIpc) is 2.74. The second kappa shape index (κ2) is 8.46. The van der Waals surface area contributed by atoms with Gasteiger partial charge in [0, 0.05) is 13.6 Å². The highest BCUT2D eigenvalue weighted by Gasteiger charge is 2.21. The fourth-order valence-electron chi connectivity index (χ4n) is 2.91. The molecule has 6 heteroatoms.